The van der Waals surface area contributed by atoms with Gasteiger partial charge < -0.3 is 5.32 Å². The molecule has 0 unspecified atom stereocenters. The predicted octanol–water partition coefficient (Wildman–Crippen LogP) is 3.06. The number of aryl methyl sites for hydroxylation is 1. The first-order valence-corrected chi connectivity index (χ1v) is 6.82. The number of hydrogen-bond acceptors (Lipinski definition) is 3. The minimum atomic E-state index is -0.199. The van der Waals surface area contributed by atoms with Gasteiger partial charge in [0.1, 0.15) is 5.82 Å². The van der Waals surface area contributed by atoms with E-state index < -0.39 is 0 Å². The molecule has 104 valence electrons. The molecule has 0 atom stereocenters. The Morgan fingerprint density at radius 2 is 1.95 bits per heavy atom. The highest BCUT2D eigenvalue weighted by molar-refractivity contribution is 6.35. The van der Waals surface area contributed by atoms with Gasteiger partial charge in [-0.05, 0) is 31.0 Å². The number of carbonyl (C=O) groups is 1. The number of halogens is 2. The predicted molar refractivity (Wildman–Crippen MR) is 79.3 cm³/mol. The van der Waals surface area contributed by atoms with E-state index in [0.29, 0.717) is 34.4 Å². The van der Waals surface area contributed by atoms with Crippen molar-refractivity contribution in [2.24, 2.45) is 0 Å². The average Bonchev–Trinajstić information content (AvgIpc) is 2.42. The smallest absolute Gasteiger partial charge is 0.254 e. The van der Waals surface area contributed by atoms with Crippen LogP contribution in [-0.4, -0.2) is 22.4 Å². The van der Waals surface area contributed by atoms with Crippen molar-refractivity contribution in [3.8, 4) is 0 Å². The van der Waals surface area contributed by atoms with Crippen molar-refractivity contribution >= 4 is 29.1 Å². The number of amides is 1. The molecule has 0 bridgehead atoms. The molecule has 1 aromatic carbocycles. The largest absolute Gasteiger partial charge is 0.352 e. The van der Waals surface area contributed by atoms with E-state index in [4.69, 9.17) is 23.2 Å². The molecule has 0 aliphatic rings. The van der Waals surface area contributed by atoms with E-state index in [-0.39, 0.29) is 5.91 Å². The molecule has 4 nitrogen and oxygen atoms in total. The summed E-state index contributed by atoms with van der Waals surface area (Å²) in [6.07, 6.45) is 3.65. The van der Waals surface area contributed by atoms with Crippen LogP contribution in [0.3, 0.4) is 0 Å². The molecule has 6 heteroatoms. The molecule has 2 rings (SSSR count). The van der Waals surface area contributed by atoms with Gasteiger partial charge in [0, 0.05) is 29.0 Å². The Bertz CT molecular complexity index is 614. The number of hydrogen-bond donors (Lipinski definition) is 1. The molecule has 0 saturated carbocycles. The first-order valence-electron chi connectivity index (χ1n) is 6.07. The number of aromatic nitrogens is 2. The zero-order chi connectivity index (χ0) is 14.5. The minimum Gasteiger partial charge on any atom is -0.352 e. The fourth-order valence-electron chi connectivity index (χ4n) is 1.65. The Morgan fingerprint density at radius 1 is 1.25 bits per heavy atom. The maximum atomic E-state index is 11.8. The molecule has 0 saturated heterocycles. The van der Waals surface area contributed by atoms with Crippen LogP contribution in [0.4, 0.5) is 0 Å². The summed E-state index contributed by atoms with van der Waals surface area (Å²) in [6.45, 7) is 2.25. The second-order valence-corrected chi connectivity index (χ2v) is 5.10. The first-order chi connectivity index (χ1) is 9.56. The van der Waals surface area contributed by atoms with Crippen LogP contribution in [0.1, 0.15) is 21.7 Å². The quantitative estimate of drug-likeness (QED) is 0.944. The van der Waals surface area contributed by atoms with Gasteiger partial charge in [0.25, 0.3) is 5.91 Å². The number of rotatable bonds is 4. The van der Waals surface area contributed by atoms with Crippen LogP contribution in [0.5, 0.6) is 0 Å². The lowest BCUT2D eigenvalue weighted by Crippen LogP contribution is -2.26. The first kappa shape index (κ1) is 14.8. The Morgan fingerprint density at radius 3 is 2.60 bits per heavy atom. The molecule has 0 radical (unpaired) electrons. The fourth-order valence-corrected chi connectivity index (χ4v) is 2.15. The molecule has 20 heavy (non-hydrogen) atoms. The molecular formula is C14H13Cl2N3O. The molecule has 0 fully saturated rings. The molecule has 1 heterocycles. The van der Waals surface area contributed by atoms with E-state index in [1.54, 1.807) is 19.1 Å². The van der Waals surface area contributed by atoms with Gasteiger partial charge in [0.2, 0.25) is 0 Å². The molecule has 1 N–H and O–H groups in total. The highest BCUT2D eigenvalue weighted by Gasteiger charge is 2.07. The van der Waals surface area contributed by atoms with Gasteiger partial charge in [-0.1, -0.05) is 29.3 Å². The standard InChI is InChI=1S/C14H13Cl2N3O/c1-9-18-7-11(8-19-9)14(20)17-5-4-10-2-3-12(15)6-13(10)16/h2-3,6-8H,4-5H2,1H3,(H,17,20). The number of nitrogens with one attached hydrogen (secondary N) is 1. The van der Waals surface area contributed by atoms with Crippen LogP contribution in [0.15, 0.2) is 30.6 Å². The summed E-state index contributed by atoms with van der Waals surface area (Å²) in [7, 11) is 0. The van der Waals surface area contributed by atoms with E-state index >= 15 is 0 Å². The zero-order valence-electron chi connectivity index (χ0n) is 10.9. The van der Waals surface area contributed by atoms with E-state index in [9.17, 15) is 4.79 Å². The Balaban J connectivity index is 1.89. The lowest BCUT2D eigenvalue weighted by atomic mass is 10.1. The van der Waals surface area contributed by atoms with Crippen LogP contribution in [0, 0.1) is 6.92 Å². The van der Waals surface area contributed by atoms with Crippen molar-refractivity contribution in [2.75, 3.05) is 6.54 Å². The van der Waals surface area contributed by atoms with E-state index in [2.05, 4.69) is 15.3 Å². The summed E-state index contributed by atoms with van der Waals surface area (Å²) in [4.78, 5) is 19.8. The zero-order valence-corrected chi connectivity index (χ0v) is 12.4. The summed E-state index contributed by atoms with van der Waals surface area (Å²) in [5.74, 6) is 0.435. The van der Waals surface area contributed by atoms with Crippen molar-refractivity contribution in [1.82, 2.24) is 15.3 Å². The van der Waals surface area contributed by atoms with Gasteiger partial charge >= 0.3 is 0 Å². The highest BCUT2D eigenvalue weighted by atomic mass is 35.5. The molecule has 0 spiro atoms. The fraction of sp³-hybridized carbons (Fsp3) is 0.214. The van der Waals surface area contributed by atoms with Crippen molar-refractivity contribution in [3.63, 3.8) is 0 Å². The second-order valence-electron chi connectivity index (χ2n) is 4.26. The van der Waals surface area contributed by atoms with Gasteiger partial charge in [-0.2, -0.15) is 0 Å². The summed E-state index contributed by atoms with van der Waals surface area (Å²) < 4.78 is 0. The van der Waals surface area contributed by atoms with Crippen LogP contribution < -0.4 is 5.32 Å². The van der Waals surface area contributed by atoms with Gasteiger partial charge in [-0.15, -0.1) is 0 Å². The molecular weight excluding hydrogens is 297 g/mol. The van der Waals surface area contributed by atoms with Crippen LogP contribution in [0.2, 0.25) is 10.0 Å². The van der Waals surface area contributed by atoms with Crippen LogP contribution >= 0.6 is 23.2 Å². The van der Waals surface area contributed by atoms with Gasteiger partial charge in [0.15, 0.2) is 0 Å². The molecule has 0 aliphatic carbocycles. The third kappa shape index (κ3) is 3.92. The minimum absolute atomic E-state index is 0.199. The van der Waals surface area contributed by atoms with Crippen molar-refractivity contribution in [2.45, 2.75) is 13.3 Å². The van der Waals surface area contributed by atoms with Crippen molar-refractivity contribution < 1.29 is 4.79 Å². The van der Waals surface area contributed by atoms with Gasteiger partial charge in [-0.3, -0.25) is 4.79 Å². The Labute approximate surface area is 127 Å². The third-order valence-corrected chi connectivity index (χ3v) is 3.33. The van der Waals surface area contributed by atoms with Crippen molar-refractivity contribution in [3.05, 3.63) is 57.6 Å². The number of nitrogens with zero attached hydrogens (tertiary/aromatic N) is 2. The maximum absolute atomic E-state index is 11.8. The van der Waals surface area contributed by atoms with Gasteiger partial charge in [-0.25, -0.2) is 9.97 Å². The van der Waals surface area contributed by atoms with E-state index in [1.807, 2.05) is 6.07 Å². The topological polar surface area (TPSA) is 54.9 Å². The average molecular weight is 310 g/mol. The van der Waals surface area contributed by atoms with Crippen LogP contribution in [0.25, 0.3) is 0 Å². The number of carbonyl (C=O) groups excluding carboxylic acids is 1. The molecule has 1 aromatic heterocycles. The third-order valence-electron chi connectivity index (χ3n) is 2.74. The summed E-state index contributed by atoms with van der Waals surface area (Å²) >= 11 is 11.9. The SMILES string of the molecule is Cc1ncc(C(=O)NCCc2ccc(Cl)cc2Cl)cn1. The van der Waals surface area contributed by atoms with Crippen LogP contribution in [-0.2, 0) is 6.42 Å². The van der Waals surface area contributed by atoms with Gasteiger partial charge in [0.05, 0.1) is 5.56 Å². The highest BCUT2D eigenvalue weighted by Crippen LogP contribution is 2.21. The van der Waals surface area contributed by atoms with Crippen molar-refractivity contribution in [1.29, 1.82) is 0 Å². The number of benzene rings is 1. The lowest BCUT2D eigenvalue weighted by Gasteiger charge is -2.07. The molecule has 2 aromatic rings. The Hall–Kier alpha value is -1.65. The normalized spacial score (nSPS) is 10.3. The summed E-state index contributed by atoms with van der Waals surface area (Å²) in [5, 5.41) is 4.00. The molecule has 1 amide bonds. The summed E-state index contributed by atoms with van der Waals surface area (Å²) in [5.41, 5.74) is 1.38. The lowest BCUT2D eigenvalue weighted by molar-refractivity contribution is 0.0953. The monoisotopic (exact) mass is 309 g/mol. The summed E-state index contributed by atoms with van der Waals surface area (Å²) in [6, 6.07) is 5.32. The Kier molecular flexibility index (Phi) is 4.93. The van der Waals surface area contributed by atoms with E-state index in [1.165, 1.54) is 12.4 Å². The van der Waals surface area contributed by atoms with E-state index in [0.717, 1.165) is 5.56 Å². The maximum Gasteiger partial charge on any atom is 0.254 e. The second kappa shape index (κ2) is 6.68. The molecule has 0 aliphatic heterocycles.